The lowest BCUT2D eigenvalue weighted by molar-refractivity contribution is -0.210. The van der Waals surface area contributed by atoms with Gasteiger partial charge in [0.1, 0.15) is 0 Å². The van der Waals surface area contributed by atoms with E-state index >= 15 is 0 Å². The van der Waals surface area contributed by atoms with Gasteiger partial charge >= 0.3 is 11.9 Å². The molecule has 0 aromatic rings. The zero-order valence-corrected chi connectivity index (χ0v) is 9.18. The van der Waals surface area contributed by atoms with Crippen molar-refractivity contribution >= 4 is 11.9 Å². The summed E-state index contributed by atoms with van der Waals surface area (Å²) in [4.78, 5) is 22.1. The van der Waals surface area contributed by atoms with Crippen molar-refractivity contribution in [1.29, 1.82) is 0 Å². The van der Waals surface area contributed by atoms with Crippen LogP contribution in [0.1, 0.15) is 26.2 Å². The van der Waals surface area contributed by atoms with E-state index in [2.05, 4.69) is 4.74 Å². The second kappa shape index (κ2) is 6.44. The summed E-state index contributed by atoms with van der Waals surface area (Å²) in [6.07, 6.45) is 0.210. The average Bonchev–Trinajstić information content (AvgIpc) is 2.27. The fourth-order valence-electron chi connectivity index (χ4n) is 1.40. The van der Waals surface area contributed by atoms with Crippen LogP contribution in [0.3, 0.4) is 0 Å². The van der Waals surface area contributed by atoms with Crippen LogP contribution in [0.2, 0.25) is 0 Å². The first-order chi connectivity index (χ1) is 7.65. The molecule has 1 aliphatic heterocycles. The molecule has 0 spiro atoms. The third kappa shape index (κ3) is 3.79. The third-order valence-corrected chi connectivity index (χ3v) is 2.15. The Morgan fingerprint density at radius 1 is 1.50 bits per heavy atom. The van der Waals surface area contributed by atoms with Crippen molar-refractivity contribution in [3.63, 3.8) is 0 Å². The summed E-state index contributed by atoms with van der Waals surface area (Å²) in [7, 11) is 0. The Labute approximate surface area is 93.5 Å². The van der Waals surface area contributed by atoms with Gasteiger partial charge in [-0.05, 0) is 26.2 Å². The first kappa shape index (κ1) is 12.9. The molecule has 1 saturated heterocycles. The highest BCUT2D eigenvalue weighted by Gasteiger charge is 2.32. The maximum Gasteiger partial charge on any atom is 0.347 e. The predicted octanol–water partition coefficient (Wildman–Crippen LogP) is 0.546. The van der Waals surface area contributed by atoms with Gasteiger partial charge in [0.2, 0.25) is 0 Å². The second-order valence-corrected chi connectivity index (χ2v) is 3.40. The Bertz CT molecular complexity index is 246. The molecule has 0 amide bonds. The van der Waals surface area contributed by atoms with Crippen LogP contribution in [0.4, 0.5) is 0 Å². The topological polar surface area (TPSA) is 82.1 Å². The Kier molecular flexibility index (Phi) is 5.21. The molecule has 0 aromatic heterocycles. The molecule has 2 unspecified atom stereocenters. The zero-order valence-electron chi connectivity index (χ0n) is 9.18. The molecule has 0 radical (unpaired) electrons. The van der Waals surface area contributed by atoms with E-state index in [0.29, 0.717) is 13.0 Å². The minimum atomic E-state index is -1.59. The fourth-order valence-corrected chi connectivity index (χ4v) is 1.40. The summed E-state index contributed by atoms with van der Waals surface area (Å²) in [6, 6.07) is 0. The highest BCUT2D eigenvalue weighted by atomic mass is 16.7. The van der Waals surface area contributed by atoms with Crippen LogP contribution < -0.4 is 0 Å². The maximum atomic E-state index is 11.3. The highest BCUT2D eigenvalue weighted by Crippen LogP contribution is 2.16. The standard InChI is InChI=1S/C10H16O6/c1-2-14-10(13)8(9(11)12)16-7-5-3-4-6-15-7/h7-8H,2-6H2,1H3,(H,11,12). The Balaban J connectivity index is 2.49. The Morgan fingerprint density at radius 3 is 2.75 bits per heavy atom. The number of esters is 1. The lowest BCUT2D eigenvalue weighted by atomic mass is 10.2. The van der Waals surface area contributed by atoms with Gasteiger partial charge in [-0.25, -0.2) is 9.59 Å². The van der Waals surface area contributed by atoms with Gasteiger partial charge in [-0.3, -0.25) is 0 Å². The van der Waals surface area contributed by atoms with E-state index < -0.39 is 24.3 Å². The lowest BCUT2D eigenvalue weighted by Gasteiger charge is -2.24. The largest absolute Gasteiger partial charge is 0.479 e. The summed E-state index contributed by atoms with van der Waals surface area (Å²) in [5.41, 5.74) is 0. The zero-order chi connectivity index (χ0) is 12.0. The van der Waals surface area contributed by atoms with Gasteiger partial charge in [-0.15, -0.1) is 0 Å². The van der Waals surface area contributed by atoms with Gasteiger partial charge < -0.3 is 19.3 Å². The van der Waals surface area contributed by atoms with E-state index in [1.54, 1.807) is 6.92 Å². The number of hydrogen-bond acceptors (Lipinski definition) is 5. The molecular formula is C10H16O6. The van der Waals surface area contributed by atoms with Crippen LogP contribution in [0.15, 0.2) is 0 Å². The molecule has 1 rings (SSSR count). The Hall–Kier alpha value is -1.14. The van der Waals surface area contributed by atoms with Crippen LogP contribution in [-0.2, 0) is 23.8 Å². The van der Waals surface area contributed by atoms with E-state index in [9.17, 15) is 9.59 Å². The van der Waals surface area contributed by atoms with Crippen molar-refractivity contribution in [2.45, 2.75) is 38.6 Å². The first-order valence-corrected chi connectivity index (χ1v) is 5.31. The van der Waals surface area contributed by atoms with Crippen LogP contribution >= 0.6 is 0 Å². The molecule has 6 nitrogen and oxygen atoms in total. The van der Waals surface area contributed by atoms with Crippen LogP contribution in [0, 0.1) is 0 Å². The van der Waals surface area contributed by atoms with Crippen molar-refractivity contribution in [3.05, 3.63) is 0 Å². The predicted molar refractivity (Wildman–Crippen MR) is 52.7 cm³/mol. The summed E-state index contributed by atoms with van der Waals surface area (Å²) >= 11 is 0. The van der Waals surface area contributed by atoms with Gasteiger partial charge in [0.05, 0.1) is 6.61 Å². The molecule has 16 heavy (non-hydrogen) atoms. The first-order valence-electron chi connectivity index (χ1n) is 5.31. The number of ether oxygens (including phenoxy) is 3. The molecule has 6 heteroatoms. The number of carboxylic acid groups (broad SMARTS) is 1. The van der Waals surface area contributed by atoms with Crippen LogP contribution in [0.5, 0.6) is 0 Å². The van der Waals surface area contributed by atoms with Crippen LogP contribution in [-0.4, -0.2) is 42.7 Å². The molecule has 2 atom stereocenters. The summed E-state index contributed by atoms with van der Waals surface area (Å²) in [5.74, 6) is -2.24. The van der Waals surface area contributed by atoms with Crippen molar-refractivity contribution < 1.29 is 28.9 Å². The highest BCUT2D eigenvalue weighted by molar-refractivity contribution is 5.97. The molecule has 92 valence electrons. The van der Waals surface area contributed by atoms with E-state index in [-0.39, 0.29) is 6.61 Å². The fraction of sp³-hybridized carbons (Fsp3) is 0.800. The van der Waals surface area contributed by atoms with E-state index in [1.807, 2.05) is 0 Å². The van der Waals surface area contributed by atoms with E-state index in [4.69, 9.17) is 14.6 Å². The normalized spacial score (nSPS) is 22.4. The molecule has 0 bridgehead atoms. The molecular weight excluding hydrogens is 216 g/mol. The number of aliphatic carboxylic acids is 1. The molecule has 0 aromatic carbocycles. The summed E-state index contributed by atoms with van der Waals surface area (Å²) < 4.78 is 14.9. The number of carboxylic acids is 1. The van der Waals surface area contributed by atoms with E-state index in [0.717, 1.165) is 12.8 Å². The number of carbonyl (C=O) groups is 2. The SMILES string of the molecule is CCOC(=O)C(OC1CCCCO1)C(=O)O. The van der Waals surface area contributed by atoms with Crippen molar-refractivity contribution in [2.75, 3.05) is 13.2 Å². The maximum absolute atomic E-state index is 11.3. The van der Waals surface area contributed by atoms with Crippen LogP contribution in [0.25, 0.3) is 0 Å². The van der Waals surface area contributed by atoms with E-state index in [1.165, 1.54) is 0 Å². The third-order valence-electron chi connectivity index (χ3n) is 2.15. The lowest BCUT2D eigenvalue weighted by Crippen LogP contribution is -2.39. The monoisotopic (exact) mass is 232 g/mol. The summed E-state index contributed by atoms with van der Waals surface area (Å²) in [5, 5.41) is 8.82. The number of rotatable bonds is 5. The van der Waals surface area contributed by atoms with Gasteiger partial charge in [0.25, 0.3) is 6.10 Å². The minimum absolute atomic E-state index is 0.123. The minimum Gasteiger partial charge on any atom is -0.479 e. The summed E-state index contributed by atoms with van der Waals surface area (Å²) in [6.45, 7) is 2.26. The quantitative estimate of drug-likeness (QED) is 0.550. The van der Waals surface area contributed by atoms with Crippen molar-refractivity contribution in [3.8, 4) is 0 Å². The molecule has 1 heterocycles. The average molecular weight is 232 g/mol. The van der Waals surface area contributed by atoms with Crippen molar-refractivity contribution in [1.82, 2.24) is 0 Å². The van der Waals surface area contributed by atoms with Crippen molar-refractivity contribution in [2.24, 2.45) is 0 Å². The van der Waals surface area contributed by atoms with Gasteiger partial charge in [0, 0.05) is 6.61 Å². The molecule has 0 aliphatic carbocycles. The molecule has 1 fully saturated rings. The Morgan fingerprint density at radius 2 is 2.25 bits per heavy atom. The number of carbonyl (C=O) groups excluding carboxylic acids is 1. The van der Waals surface area contributed by atoms with Gasteiger partial charge in [-0.1, -0.05) is 0 Å². The second-order valence-electron chi connectivity index (χ2n) is 3.40. The molecule has 1 aliphatic rings. The molecule has 1 N–H and O–H groups in total. The smallest absolute Gasteiger partial charge is 0.347 e. The number of hydrogen-bond donors (Lipinski definition) is 1. The van der Waals surface area contributed by atoms with Gasteiger partial charge in [0.15, 0.2) is 6.29 Å². The van der Waals surface area contributed by atoms with Gasteiger partial charge in [-0.2, -0.15) is 0 Å². The molecule has 0 saturated carbocycles.